The molecule has 0 radical (unpaired) electrons. The smallest absolute Gasteiger partial charge is 0.258 e. The number of nitrogens with one attached hydrogen (secondary N) is 2. The van der Waals surface area contributed by atoms with E-state index in [1.54, 1.807) is 24.4 Å². The Morgan fingerprint density at radius 1 is 1.07 bits per heavy atom. The summed E-state index contributed by atoms with van der Waals surface area (Å²) in [5.74, 6) is 0.241. The maximum atomic E-state index is 13.0. The summed E-state index contributed by atoms with van der Waals surface area (Å²) in [5, 5.41) is 17.5. The fraction of sp³-hybridized carbons (Fsp3) is 0.0952. The Labute approximate surface area is 172 Å². The standard InChI is InChI=1S/C21H18N6OS/c1-13-8-9-14(2)18(11-13)29-21-17(7-4-10-22-21)20(28)23-16-6-3-5-15(12-16)19-24-26-27-25-19/h3-12H,1-2H3,(H,23,28)(H,24,25,26,27). The highest BCUT2D eigenvalue weighted by Crippen LogP contribution is 2.32. The van der Waals surface area contributed by atoms with Gasteiger partial charge in [-0.3, -0.25) is 4.79 Å². The maximum Gasteiger partial charge on any atom is 0.258 e. The number of carbonyl (C=O) groups excluding carboxylic acids is 1. The van der Waals surface area contributed by atoms with Crippen molar-refractivity contribution in [2.24, 2.45) is 0 Å². The third kappa shape index (κ3) is 4.33. The topological polar surface area (TPSA) is 96.5 Å². The second-order valence-corrected chi connectivity index (χ2v) is 7.53. The van der Waals surface area contributed by atoms with Gasteiger partial charge < -0.3 is 5.32 Å². The summed E-state index contributed by atoms with van der Waals surface area (Å²) in [6, 6.07) is 17.1. The van der Waals surface area contributed by atoms with Gasteiger partial charge in [0, 0.05) is 22.3 Å². The third-order valence-electron chi connectivity index (χ3n) is 4.29. The second-order valence-electron chi connectivity index (χ2n) is 6.50. The Morgan fingerprint density at radius 2 is 1.97 bits per heavy atom. The van der Waals surface area contributed by atoms with Crippen LogP contribution in [0.1, 0.15) is 21.5 Å². The zero-order valence-corrected chi connectivity index (χ0v) is 16.7. The number of benzene rings is 2. The first kappa shape index (κ1) is 18.8. The molecule has 7 nitrogen and oxygen atoms in total. The van der Waals surface area contributed by atoms with Crippen molar-refractivity contribution in [3.63, 3.8) is 0 Å². The lowest BCUT2D eigenvalue weighted by molar-refractivity contribution is 0.102. The van der Waals surface area contributed by atoms with Gasteiger partial charge in [0.1, 0.15) is 5.03 Å². The Bertz CT molecular complexity index is 1160. The first-order valence-corrected chi connectivity index (χ1v) is 9.77. The van der Waals surface area contributed by atoms with Gasteiger partial charge in [0.25, 0.3) is 5.91 Å². The Balaban J connectivity index is 1.59. The molecule has 0 atom stereocenters. The van der Waals surface area contributed by atoms with Gasteiger partial charge in [0.2, 0.25) is 5.82 Å². The maximum absolute atomic E-state index is 13.0. The van der Waals surface area contributed by atoms with Gasteiger partial charge in [-0.2, -0.15) is 5.21 Å². The number of amides is 1. The van der Waals surface area contributed by atoms with E-state index in [4.69, 9.17) is 0 Å². The number of aromatic nitrogens is 5. The Kier molecular flexibility index (Phi) is 5.35. The van der Waals surface area contributed by atoms with E-state index in [9.17, 15) is 4.79 Å². The highest BCUT2D eigenvalue weighted by molar-refractivity contribution is 7.99. The van der Waals surface area contributed by atoms with E-state index >= 15 is 0 Å². The predicted octanol–water partition coefficient (Wildman–Crippen LogP) is 4.28. The highest BCUT2D eigenvalue weighted by Gasteiger charge is 2.15. The van der Waals surface area contributed by atoms with Crippen molar-refractivity contribution in [2.45, 2.75) is 23.8 Å². The molecule has 4 aromatic rings. The third-order valence-corrected chi connectivity index (χ3v) is 5.47. The minimum Gasteiger partial charge on any atom is -0.322 e. The zero-order valence-electron chi connectivity index (χ0n) is 15.9. The fourth-order valence-corrected chi connectivity index (χ4v) is 3.85. The minimum absolute atomic E-state index is 0.226. The highest BCUT2D eigenvalue weighted by atomic mass is 32.2. The van der Waals surface area contributed by atoms with E-state index in [-0.39, 0.29) is 5.91 Å². The van der Waals surface area contributed by atoms with Crippen LogP contribution in [-0.2, 0) is 0 Å². The van der Waals surface area contributed by atoms with Crippen LogP contribution in [0.15, 0.2) is 70.7 Å². The van der Waals surface area contributed by atoms with Crippen LogP contribution in [0.4, 0.5) is 5.69 Å². The molecule has 4 rings (SSSR count). The quantitative estimate of drug-likeness (QED) is 0.517. The molecule has 8 heteroatoms. The molecule has 2 heterocycles. The molecule has 0 aliphatic rings. The minimum atomic E-state index is -0.226. The first-order valence-electron chi connectivity index (χ1n) is 8.95. The van der Waals surface area contributed by atoms with Crippen LogP contribution < -0.4 is 5.32 Å². The van der Waals surface area contributed by atoms with Gasteiger partial charge in [-0.25, -0.2) is 4.98 Å². The number of carbonyl (C=O) groups is 1. The summed E-state index contributed by atoms with van der Waals surface area (Å²) in [4.78, 5) is 18.5. The summed E-state index contributed by atoms with van der Waals surface area (Å²) in [6.07, 6.45) is 1.70. The van der Waals surface area contributed by atoms with E-state index in [1.807, 2.05) is 32.0 Å². The van der Waals surface area contributed by atoms with Crippen molar-refractivity contribution in [1.82, 2.24) is 25.6 Å². The molecule has 1 amide bonds. The Morgan fingerprint density at radius 3 is 2.79 bits per heavy atom. The van der Waals surface area contributed by atoms with Crippen molar-refractivity contribution in [2.75, 3.05) is 5.32 Å². The normalized spacial score (nSPS) is 10.7. The lowest BCUT2D eigenvalue weighted by atomic mass is 10.2. The van der Waals surface area contributed by atoms with Gasteiger partial charge in [0.15, 0.2) is 0 Å². The molecular weight excluding hydrogens is 384 g/mol. The van der Waals surface area contributed by atoms with Gasteiger partial charge in [-0.15, -0.1) is 10.2 Å². The molecule has 0 saturated carbocycles. The molecule has 2 aromatic carbocycles. The van der Waals surface area contributed by atoms with E-state index in [2.05, 4.69) is 49.1 Å². The van der Waals surface area contributed by atoms with Gasteiger partial charge >= 0.3 is 0 Å². The molecule has 0 saturated heterocycles. The largest absolute Gasteiger partial charge is 0.322 e. The molecular formula is C21H18N6OS. The zero-order chi connectivity index (χ0) is 20.2. The van der Waals surface area contributed by atoms with Crippen LogP contribution in [0.25, 0.3) is 11.4 Å². The molecule has 2 N–H and O–H groups in total. The summed E-state index contributed by atoms with van der Waals surface area (Å²) >= 11 is 1.49. The lowest BCUT2D eigenvalue weighted by Crippen LogP contribution is -2.13. The SMILES string of the molecule is Cc1ccc(C)c(Sc2ncccc2C(=O)Nc2cccc(-c3nn[nH]n3)c2)c1. The monoisotopic (exact) mass is 402 g/mol. The van der Waals surface area contributed by atoms with Crippen molar-refractivity contribution in [1.29, 1.82) is 0 Å². The summed E-state index contributed by atoms with van der Waals surface area (Å²) in [7, 11) is 0. The van der Waals surface area contributed by atoms with Crippen molar-refractivity contribution in [3.8, 4) is 11.4 Å². The van der Waals surface area contributed by atoms with Crippen LogP contribution >= 0.6 is 11.8 Å². The molecule has 0 aliphatic heterocycles. The van der Waals surface area contributed by atoms with Crippen LogP contribution in [0, 0.1) is 13.8 Å². The molecule has 0 aliphatic carbocycles. The molecule has 144 valence electrons. The van der Waals surface area contributed by atoms with E-state index < -0.39 is 0 Å². The molecule has 2 aromatic heterocycles. The number of pyridine rings is 1. The van der Waals surface area contributed by atoms with Crippen LogP contribution in [-0.4, -0.2) is 31.5 Å². The van der Waals surface area contributed by atoms with E-state index in [0.717, 1.165) is 16.0 Å². The van der Waals surface area contributed by atoms with Crippen LogP contribution in [0.2, 0.25) is 0 Å². The van der Waals surface area contributed by atoms with Crippen molar-refractivity contribution >= 4 is 23.4 Å². The molecule has 0 spiro atoms. The van der Waals surface area contributed by atoms with Gasteiger partial charge in [-0.1, -0.05) is 36.0 Å². The first-order chi connectivity index (χ1) is 14.1. The van der Waals surface area contributed by atoms with Crippen LogP contribution in [0.5, 0.6) is 0 Å². The number of aromatic amines is 1. The number of hydrogen-bond acceptors (Lipinski definition) is 6. The number of aryl methyl sites for hydroxylation is 2. The summed E-state index contributed by atoms with van der Waals surface area (Å²) < 4.78 is 0. The van der Waals surface area contributed by atoms with Crippen LogP contribution in [0.3, 0.4) is 0 Å². The van der Waals surface area contributed by atoms with Gasteiger partial charge in [-0.05, 0) is 60.5 Å². The number of tetrazole rings is 1. The molecule has 0 bridgehead atoms. The lowest BCUT2D eigenvalue weighted by Gasteiger charge is -2.11. The number of nitrogens with zero attached hydrogens (tertiary/aromatic N) is 4. The summed E-state index contributed by atoms with van der Waals surface area (Å²) in [6.45, 7) is 4.10. The second kappa shape index (κ2) is 8.24. The summed E-state index contributed by atoms with van der Waals surface area (Å²) in [5.41, 5.74) is 4.23. The number of H-pyrrole nitrogens is 1. The fourth-order valence-electron chi connectivity index (χ4n) is 2.78. The van der Waals surface area contributed by atoms with Crippen molar-refractivity contribution in [3.05, 3.63) is 77.5 Å². The average Bonchev–Trinajstić information content (AvgIpc) is 3.26. The van der Waals surface area contributed by atoms with E-state index in [1.165, 1.54) is 17.3 Å². The number of anilines is 1. The Hall–Kier alpha value is -3.52. The molecule has 29 heavy (non-hydrogen) atoms. The van der Waals surface area contributed by atoms with E-state index in [0.29, 0.717) is 22.1 Å². The molecule has 0 fully saturated rings. The average molecular weight is 402 g/mol. The van der Waals surface area contributed by atoms with Gasteiger partial charge in [0.05, 0.1) is 5.56 Å². The number of hydrogen-bond donors (Lipinski definition) is 2. The molecule has 0 unspecified atom stereocenters. The van der Waals surface area contributed by atoms with Crippen molar-refractivity contribution < 1.29 is 4.79 Å². The predicted molar refractivity (Wildman–Crippen MR) is 112 cm³/mol. The number of rotatable bonds is 5.